The van der Waals surface area contributed by atoms with Gasteiger partial charge in [-0.2, -0.15) is 13.2 Å². The minimum atomic E-state index is -4.44. The summed E-state index contributed by atoms with van der Waals surface area (Å²) in [7, 11) is 3.81. The molecular weight excluding hydrogens is 397 g/mol. The zero-order chi connectivity index (χ0) is 21.9. The molecule has 0 atom stereocenters. The molecule has 9 heteroatoms. The van der Waals surface area contributed by atoms with E-state index in [0.717, 1.165) is 22.4 Å². The summed E-state index contributed by atoms with van der Waals surface area (Å²) in [6.45, 7) is -0.242. The number of hydrogen-bond acceptors (Lipinski definition) is 4. The first-order valence-electron chi connectivity index (χ1n) is 8.95. The molecule has 0 bridgehead atoms. The summed E-state index contributed by atoms with van der Waals surface area (Å²) in [5.41, 5.74) is 0.899. The molecule has 156 valence electrons. The van der Waals surface area contributed by atoms with Gasteiger partial charge >= 0.3 is 6.18 Å². The number of amides is 1. The fourth-order valence-corrected chi connectivity index (χ4v) is 2.73. The summed E-state index contributed by atoms with van der Waals surface area (Å²) in [4.78, 5) is 30.5. The quantitative estimate of drug-likeness (QED) is 0.690. The third-order valence-corrected chi connectivity index (χ3v) is 4.37. The molecule has 1 aromatic heterocycles. The highest BCUT2D eigenvalue weighted by molar-refractivity contribution is 5.90. The Hall–Kier alpha value is -3.62. The number of aromatic nitrogens is 2. The summed E-state index contributed by atoms with van der Waals surface area (Å²) in [5.74, 6) is -0.404. The first kappa shape index (κ1) is 21.1. The molecule has 0 fully saturated rings. The molecule has 1 amide bonds. The van der Waals surface area contributed by atoms with Crippen LogP contribution in [0, 0.1) is 0 Å². The predicted octanol–water partition coefficient (Wildman–Crippen LogP) is 3.63. The Balaban J connectivity index is 1.69. The van der Waals surface area contributed by atoms with Crippen LogP contribution in [0.1, 0.15) is 5.56 Å². The highest BCUT2D eigenvalue weighted by Gasteiger charge is 2.30. The third-order valence-electron chi connectivity index (χ3n) is 4.37. The highest BCUT2D eigenvalue weighted by Crippen LogP contribution is 2.30. The van der Waals surface area contributed by atoms with Gasteiger partial charge in [0.1, 0.15) is 6.54 Å². The lowest BCUT2D eigenvalue weighted by atomic mass is 10.1. The Kier molecular flexibility index (Phi) is 5.91. The zero-order valence-electron chi connectivity index (χ0n) is 16.3. The highest BCUT2D eigenvalue weighted by atomic mass is 19.4. The van der Waals surface area contributed by atoms with Gasteiger partial charge in [0.2, 0.25) is 5.91 Å². The molecule has 6 nitrogen and oxygen atoms in total. The van der Waals surface area contributed by atoms with E-state index in [1.54, 1.807) is 12.1 Å². The van der Waals surface area contributed by atoms with Crippen LogP contribution >= 0.6 is 0 Å². The van der Waals surface area contributed by atoms with E-state index < -0.39 is 23.2 Å². The first-order valence-corrected chi connectivity index (χ1v) is 8.95. The fourth-order valence-electron chi connectivity index (χ4n) is 2.73. The van der Waals surface area contributed by atoms with E-state index in [0.29, 0.717) is 11.3 Å². The number of anilines is 2. The minimum absolute atomic E-state index is 0.227. The van der Waals surface area contributed by atoms with E-state index in [2.05, 4.69) is 10.3 Å². The van der Waals surface area contributed by atoms with Gasteiger partial charge < -0.3 is 10.2 Å². The van der Waals surface area contributed by atoms with Crippen LogP contribution in [0.5, 0.6) is 0 Å². The molecular formula is C21H19F3N4O2. The van der Waals surface area contributed by atoms with Gasteiger partial charge in [0.25, 0.3) is 5.56 Å². The van der Waals surface area contributed by atoms with E-state index in [9.17, 15) is 22.8 Å². The molecule has 0 spiro atoms. The number of carbonyl (C=O) groups is 1. The summed E-state index contributed by atoms with van der Waals surface area (Å²) >= 11 is 0. The number of benzene rings is 2. The summed E-state index contributed by atoms with van der Waals surface area (Å²) < 4.78 is 39.1. The third kappa shape index (κ3) is 5.05. The maximum atomic E-state index is 12.7. The zero-order valence-corrected chi connectivity index (χ0v) is 16.3. The van der Waals surface area contributed by atoms with Crippen molar-refractivity contribution in [3.05, 3.63) is 76.8 Å². The van der Waals surface area contributed by atoms with Crippen molar-refractivity contribution in [2.45, 2.75) is 12.7 Å². The van der Waals surface area contributed by atoms with Crippen molar-refractivity contribution in [3.63, 3.8) is 0 Å². The second kappa shape index (κ2) is 8.40. The molecule has 0 radical (unpaired) electrons. The monoisotopic (exact) mass is 416 g/mol. The molecule has 2 aromatic carbocycles. The van der Waals surface area contributed by atoms with Crippen LogP contribution in [-0.4, -0.2) is 29.6 Å². The standard InChI is InChI=1S/C21H19F3N4O2/c1-27(2)17-9-7-16(8-10-17)26-19(29)12-28-13-25-18(11-20(28)30)14-3-5-15(6-4-14)21(22,23)24/h3-11,13H,12H2,1-2H3,(H,26,29). The normalized spacial score (nSPS) is 11.2. The predicted molar refractivity (Wildman–Crippen MR) is 108 cm³/mol. The SMILES string of the molecule is CN(C)c1ccc(NC(=O)Cn2cnc(-c3ccc(C(F)(F)F)cc3)cc2=O)cc1. The lowest BCUT2D eigenvalue weighted by molar-refractivity contribution is -0.137. The van der Waals surface area contributed by atoms with Crippen LogP contribution in [0.15, 0.2) is 65.7 Å². The lowest BCUT2D eigenvalue weighted by Gasteiger charge is -2.13. The summed E-state index contributed by atoms with van der Waals surface area (Å²) in [6, 6.07) is 12.7. The van der Waals surface area contributed by atoms with Gasteiger partial charge in [0.05, 0.1) is 17.6 Å². The molecule has 0 aliphatic heterocycles. The van der Waals surface area contributed by atoms with Crippen LogP contribution in [-0.2, 0) is 17.5 Å². The van der Waals surface area contributed by atoms with Gasteiger partial charge in [-0.1, -0.05) is 12.1 Å². The summed E-state index contributed by atoms with van der Waals surface area (Å²) in [5, 5.41) is 2.70. The first-order chi connectivity index (χ1) is 14.1. The number of halogens is 3. The van der Waals surface area contributed by atoms with Crippen molar-refractivity contribution in [1.29, 1.82) is 0 Å². The number of alkyl halides is 3. The van der Waals surface area contributed by atoms with Crippen molar-refractivity contribution in [2.75, 3.05) is 24.3 Å². The molecule has 0 saturated carbocycles. The Morgan fingerprint density at radius 1 is 1.07 bits per heavy atom. The van der Waals surface area contributed by atoms with Crippen molar-refractivity contribution in [2.24, 2.45) is 0 Å². The van der Waals surface area contributed by atoms with Crippen molar-refractivity contribution in [1.82, 2.24) is 9.55 Å². The molecule has 3 rings (SSSR count). The van der Waals surface area contributed by atoms with E-state index in [1.165, 1.54) is 24.5 Å². The summed E-state index contributed by atoms with van der Waals surface area (Å²) in [6.07, 6.45) is -3.24. The topological polar surface area (TPSA) is 67.2 Å². The van der Waals surface area contributed by atoms with Gasteiger partial charge in [-0.3, -0.25) is 14.2 Å². The molecule has 3 aromatic rings. The second-order valence-corrected chi connectivity index (χ2v) is 6.80. The lowest BCUT2D eigenvalue weighted by Crippen LogP contribution is -2.27. The Morgan fingerprint density at radius 3 is 2.23 bits per heavy atom. The van der Waals surface area contributed by atoms with Crippen LogP contribution in [0.25, 0.3) is 11.3 Å². The van der Waals surface area contributed by atoms with E-state index in [-0.39, 0.29) is 12.2 Å². The van der Waals surface area contributed by atoms with Gasteiger partial charge in [0.15, 0.2) is 0 Å². The maximum absolute atomic E-state index is 12.7. The smallest absolute Gasteiger partial charge is 0.378 e. The van der Waals surface area contributed by atoms with E-state index in [1.807, 2.05) is 31.1 Å². The molecule has 0 saturated heterocycles. The largest absolute Gasteiger partial charge is 0.416 e. The molecule has 30 heavy (non-hydrogen) atoms. The molecule has 0 aliphatic carbocycles. The Morgan fingerprint density at radius 2 is 1.70 bits per heavy atom. The van der Waals surface area contributed by atoms with Crippen LogP contribution in [0.4, 0.5) is 24.5 Å². The van der Waals surface area contributed by atoms with E-state index in [4.69, 9.17) is 0 Å². The van der Waals surface area contributed by atoms with Gasteiger partial charge in [0, 0.05) is 37.1 Å². The number of nitrogens with one attached hydrogen (secondary N) is 1. The van der Waals surface area contributed by atoms with Crippen molar-refractivity contribution >= 4 is 17.3 Å². The van der Waals surface area contributed by atoms with E-state index >= 15 is 0 Å². The second-order valence-electron chi connectivity index (χ2n) is 6.80. The molecule has 1 N–H and O–H groups in total. The van der Waals surface area contributed by atoms with Crippen LogP contribution in [0.2, 0.25) is 0 Å². The Labute approximate surface area is 170 Å². The maximum Gasteiger partial charge on any atom is 0.416 e. The van der Waals surface area contributed by atoms with Crippen molar-refractivity contribution < 1.29 is 18.0 Å². The number of nitrogens with zero attached hydrogens (tertiary/aromatic N) is 3. The fraction of sp³-hybridized carbons (Fsp3) is 0.190. The number of hydrogen-bond donors (Lipinski definition) is 1. The van der Waals surface area contributed by atoms with Gasteiger partial charge in [-0.25, -0.2) is 4.98 Å². The number of carbonyl (C=O) groups excluding carboxylic acids is 1. The van der Waals surface area contributed by atoms with Crippen LogP contribution < -0.4 is 15.8 Å². The van der Waals surface area contributed by atoms with Crippen LogP contribution in [0.3, 0.4) is 0 Å². The average Bonchev–Trinajstić information content (AvgIpc) is 2.69. The molecule has 1 heterocycles. The van der Waals surface area contributed by atoms with Gasteiger partial charge in [-0.05, 0) is 36.4 Å². The van der Waals surface area contributed by atoms with Crippen molar-refractivity contribution in [3.8, 4) is 11.3 Å². The van der Waals surface area contributed by atoms with Gasteiger partial charge in [-0.15, -0.1) is 0 Å². The molecule has 0 aliphatic rings. The average molecular weight is 416 g/mol. The number of rotatable bonds is 5. The molecule has 0 unspecified atom stereocenters. The Bertz CT molecular complexity index is 1090. The minimum Gasteiger partial charge on any atom is -0.378 e.